The first-order chi connectivity index (χ1) is 13.2. The fraction of sp³-hybridized carbons (Fsp3) is 0.238. The maximum absolute atomic E-state index is 10.2. The molecule has 0 atom stereocenters. The molecule has 0 fully saturated rings. The maximum Gasteiger partial charge on any atom is 0.143 e. The van der Waals surface area contributed by atoms with Crippen LogP contribution < -0.4 is 0 Å². The van der Waals surface area contributed by atoms with Crippen molar-refractivity contribution in [2.75, 3.05) is 24.8 Å². The number of phenols is 1. The Morgan fingerprint density at radius 3 is 2.22 bits per heavy atom. The van der Waals surface area contributed by atoms with Gasteiger partial charge in [-0.15, -0.1) is 28.3 Å². The number of phenolic OH excluding ortho intramolecular Hbond substituents is 1. The normalized spacial score (nSPS) is 11.7. The minimum Gasteiger partial charge on any atom is -0.506 e. The van der Waals surface area contributed by atoms with E-state index in [0.717, 1.165) is 41.7 Å². The van der Waals surface area contributed by atoms with Gasteiger partial charge in [0.25, 0.3) is 0 Å². The molecule has 3 aromatic carbocycles. The van der Waals surface area contributed by atoms with Gasteiger partial charge in [0.1, 0.15) is 11.4 Å². The molecule has 0 heterocycles. The zero-order valence-electron chi connectivity index (χ0n) is 14.9. The molecule has 0 unspecified atom stereocenters. The molecule has 0 aliphatic rings. The molecule has 140 valence electrons. The molecular formula is C21H21Cl2N3O. The molecule has 0 aliphatic carbocycles. The van der Waals surface area contributed by atoms with Gasteiger partial charge in [-0.2, -0.15) is 5.11 Å². The first kappa shape index (κ1) is 19.6. The lowest BCUT2D eigenvalue weighted by atomic mass is 10.1. The summed E-state index contributed by atoms with van der Waals surface area (Å²) < 4.78 is 0. The fourth-order valence-corrected chi connectivity index (χ4v) is 3.37. The summed E-state index contributed by atoms with van der Waals surface area (Å²) >= 11 is 11.7. The third-order valence-corrected chi connectivity index (χ3v) is 4.63. The van der Waals surface area contributed by atoms with E-state index < -0.39 is 0 Å². The van der Waals surface area contributed by atoms with E-state index >= 15 is 0 Å². The van der Waals surface area contributed by atoms with Crippen LogP contribution >= 0.6 is 23.2 Å². The second-order valence-corrected chi connectivity index (χ2v) is 6.93. The largest absolute Gasteiger partial charge is 0.506 e. The number of rotatable bonds is 8. The molecule has 0 spiro atoms. The molecule has 0 saturated heterocycles. The number of benzene rings is 3. The van der Waals surface area contributed by atoms with Crippen LogP contribution in [0.5, 0.6) is 5.75 Å². The first-order valence-corrected chi connectivity index (χ1v) is 9.84. The number of fused-ring (bicyclic) bond motifs is 1. The van der Waals surface area contributed by atoms with E-state index in [4.69, 9.17) is 23.2 Å². The highest BCUT2D eigenvalue weighted by Gasteiger charge is 2.07. The molecule has 27 heavy (non-hydrogen) atoms. The summed E-state index contributed by atoms with van der Waals surface area (Å²) in [5, 5.41) is 20.6. The van der Waals surface area contributed by atoms with Gasteiger partial charge in [0.15, 0.2) is 0 Å². The van der Waals surface area contributed by atoms with Gasteiger partial charge >= 0.3 is 0 Å². The van der Waals surface area contributed by atoms with Crippen molar-refractivity contribution < 1.29 is 5.11 Å². The van der Waals surface area contributed by atoms with Crippen LogP contribution in [0.2, 0.25) is 0 Å². The summed E-state index contributed by atoms with van der Waals surface area (Å²) in [5.41, 5.74) is 2.37. The lowest BCUT2D eigenvalue weighted by Crippen LogP contribution is -2.27. The maximum atomic E-state index is 10.2. The van der Waals surface area contributed by atoms with Crippen molar-refractivity contribution in [2.45, 2.75) is 6.54 Å². The third-order valence-electron chi connectivity index (χ3n) is 4.29. The van der Waals surface area contributed by atoms with E-state index in [1.807, 2.05) is 54.6 Å². The Bertz CT molecular complexity index is 907. The van der Waals surface area contributed by atoms with Gasteiger partial charge in [0, 0.05) is 36.8 Å². The monoisotopic (exact) mass is 401 g/mol. The Hall–Kier alpha value is -2.14. The molecule has 3 rings (SSSR count). The fourth-order valence-electron chi connectivity index (χ4n) is 2.89. The third kappa shape index (κ3) is 5.19. The molecule has 0 amide bonds. The zero-order chi connectivity index (χ0) is 19.1. The van der Waals surface area contributed by atoms with Crippen molar-refractivity contribution in [1.82, 2.24) is 4.90 Å². The average molecular weight is 402 g/mol. The Balaban J connectivity index is 1.76. The highest BCUT2D eigenvalue weighted by Crippen LogP contribution is 2.35. The van der Waals surface area contributed by atoms with Gasteiger partial charge in [-0.1, -0.05) is 42.5 Å². The highest BCUT2D eigenvalue weighted by molar-refractivity contribution is 6.18. The van der Waals surface area contributed by atoms with Gasteiger partial charge in [0.05, 0.1) is 5.69 Å². The summed E-state index contributed by atoms with van der Waals surface area (Å²) in [6, 6.07) is 19.2. The van der Waals surface area contributed by atoms with Crippen LogP contribution in [-0.4, -0.2) is 34.9 Å². The lowest BCUT2D eigenvalue weighted by molar-refractivity contribution is 0.299. The van der Waals surface area contributed by atoms with Crippen molar-refractivity contribution in [3.63, 3.8) is 0 Å². The van der Waals surface area contributed by atoms with Crippen LogP contribution in [0.3, 0.4) is 0 Å². The van der Waals surface area contributed by atoms with Crippen LogP contribution in [0.4, 0.5) is 11.4 Å². The number of hydrogen-bond donors (Lipinski definition) is 1. The van der Waals surface area contributed by atoms with Gasteiger partial charge in [0.2, 0.25) is 0 Å². The van der Waals surface area contributed by atoms with Crippen LogP contribution in [0, 0.1) is 0 Å². The highest BCUT2D eigenvalue weighted by atomic mass is 35.5. The van der Waals surface area contributed by atoms with Crippen LogP contribution in [0.15, 0.2) is 70.9 Å². The molecular weight excluding hydrogens is 381 g/mol. The molecule has 4 nitrogen and oxygen atoms in total. The topological polar surface area (TPSA) is 48.2 Å². The molecule has 0 radical (unpaired) electrons. The average Bonchev–Trinajstić information content (AvgIpc) is 2.69. The van der Waals surface area contributed by atoms with Crippen LogP contribution in [0.25, 0.3) is 10.8 Å². The van der Waals surface area contributed by atoms with E-state index in [1.54, 1.807) is 6.07 Å². The van der Waals surface area contributed by atoms with Crippen molar-refractivity contribution >= 4 is 45.3 Å². The predicted molar refractivity (Wildman–Crippen MR) is 113 cm³/mol. The minimum absolute atomic E-state index is 0.117. The van der Waals surface area contributed by atoms with Crippen LogP contribution in [-0.2, 0) is 6.54 Å². The van der Waals surface area contributed by atoms with E-state index in [-0.39, 0.29) is 5.75 Å². The quantitative estimate of drug-likeness (QED) is 0.358. The molecule has 6 heteroatoms. The molecule has 1 N–H and O–H groups in total. The predicted octanol–water partition coefficient (Wildman–Crippen LogP) is 6.24. The lowest BCUT2D eigenvalue weighted by Gasteiger charge is -2.19. The van der Waals surface area contributed by atoms with Gasteiger partial charge < -0.3 is 5.11 Å². The van der Waals surface area contributed by atoms with Gasteiger partial charge in [-0.05, 0) is 29.1 Å². The molecule has 0 saturated carbocycles. The van der Waals surface area contributed by atoms with Crippen molar-refractivity contribution in [3.8, 4) is 5.75 Å². The van der Waals surface area contributed by atoms with E-state index in [0.29, 0.717) is 17.4 Å². The number of aromatic hydroxyl groups is 1. The second kappa shape index (κ2) is 9.70. The standard InChI is InChI=1S/C21H21Cl2N3O/c22-11-13-26(14-12-23)15-16-5-8-18(9-6-16)24-25-21-19-4-2-1-3-17(19)7-10-20(21)27/h1-10,27H,11-15H2. The van der Waals surface area contributed by atoms with Gasteiger partial charge in [-0.3, -0.25) is 4.90 Å². The number of hydrogen-bond acceptors (Lipinski definition) is 4. The van der Waals surface area contributed by atoms with Gasteiger partial charge in [-0.25, -0.2) is 0 Å². The van der Waals surface area contributed by atoms with Crippen molar-refractivity contribution in [2.24, 2.45) is 10.2 Å². The summed E-state index contributed by atoms with van der Waals surface area (Å²) in [5.74, 6) is 1.28. The minimum atomic E-state index is 0.117. The van der Waals surface area contributed by atoms with Crippen molar-refractivity contribution in [3.05, 3.63) is 66.2 Å². The Kier molecular flexibility index (Phi) is 7.04. The summed E-state index contributed by atoms with van der Waals surface area (Å²) in [6.45, 7) is 2.40. The molecule has 0 aliphatic heterocycles. The number of alkyl halides is 2. The van der Waals surface area contributed by atoms with E-state index in [1.165, 1.54) is 0 Å². The van der Waals surface area contributed by atoms with Crippen LogP contribution in [0.1, 0.15) is 5.56 Å². The SMILES string of the molecule is Oc1ccc2ccccc2c1N=Nc1ccc(CN(CCCl)CCCl)cc1. The first-order valence-electron chi connectivity index (χ1n) is 8.77. The Morgan fingerprint density at radius 1 is 0.815 bits per heavy atom. The molecule has 0 aromatic heterocycles. The number of halogens is 2. The van der Waals surface area contributed by atoms with E-state index in [2.05, 4.69) is 15.1 Å². The summed E-state index contributed by atoms with van der Waals surface area (Å²) in [7, 11) is 0. The number of nitrogens with zero attached hydrogens (tertiary/aromatic N) is 3. The van der Waals surface area contributed by atoms with E-state index in [9.17, 15) is 5.11 Å². The summed E-state index contributed by atoms with van der Waals surface area (Å²) in [4.78, 5) is 2.21. The van der Waals surface area contributed by atoms with Crippen molar-refractivity contribution in [1.29, 1.82) is 0 Å². The second-order valence-electron chi connectivity index (χ2n) is 6.17. The Morgan fingerprint density at radius 2 is 1.52 bits per heavy atom. The number of azo groups is 1. The molecule has 3 aromatic rings. The smallest absolute Gasteiger partial charge is 0.143 e. The summed E-state index contributed by atoms with van der Waals surface area (Å²) in [6.07, 6.45) is 0. The zero-order valence-corrected chi connectivity index (χ0v) is 16.4. The Labute approximate surface area is 169 Å². The molecule has 0 bridgehead atoms.